The molecule has 108 valence electrons. The molecule has 1 amide bonds. The molecule has 2 fully saturated rings. The fraction of sp³-hybridized carbons (Fsp3) is 0.375. The van der Waals surface area contributed by atoms with Crippen molar-refractivity contribution >= 4 is 17.2 Å². The van der Waals surface area contributed by atoms with Gasteiger partial charge in [0.25, 0.3) is 0 Å². The third-order valence-electron chi connectivity index (χ3n) is 4.33. The van der Waals surface area contributed by atoms with Gasteiger partial charge in [0.1, 0.15) is 5.01 Å². The minimum absolute atomic E-state index is 0.256. The fourth-order valence-electron chi connectivity index (χ4n) is 3.30. The molecule has 0 aliphatic carbocycles. The lowest BCUT2D eigenvalue weighted by atomic mass is 10.1. The van der Waals surface area contributed by atoms with E-state index in [1.807, 2.05) is 23.1 Å². The summed E-state index contributed by atoms with van der Waals surface area (Å²) in [6.07, 6.45) is 1.70. The standard InChI is InChI=1S/C16H17N3OS/c20-15-8-13-14(6-7-17-13)19(15)9-12-10-21-16(18-12)11-4-2-1-3-5-11/h1-5,10,13-14,17H,6-9H2/t13-,14-/m1/s1. The maximum Gasteiger partial charge on any atom is 0.224 e. The van der Waals surface area contributed by atoms with Crippen LogP contribution in [0, 0.1) is 0 Å². The summed E-state index contributed by atoms with van der Waals surface area (Å²) in [5, 5.41) is 6.52. The minimum atomic E-state index is 0.256. The van der Waals surface area contributed by atoms with E-state index in [2.05, 4.69) is 22.8 Å². The summed E-state index contributed by atoms with van der Waals surface area (Å²) in [5.41, 5.74) is 2.14. The first-order valence-electron chi connectivity index (χ1n) is 7.34. The molecule has 5 heteroatoms. The SMILES string of the molecule is O=C1C[C@H]2NCC[C@H]2N1Cc1csc(-c2ccccc2)n1. The molecule has 21 heavy (non-hydrogen) atoms. The summed E-state index contributed by atoms with van der Waals surface area (Å²) in [4.78, 5) is 18.8. The van der Waals surface area contributed by atoms with Crippen LogP contribution in [0.15, 0.2) is 35.7 Å². The predicted octanol–water partition coefficient (Wildman–Crippen LogP) is 2.27. The number of fused-ring (bicyclic) bond motifs is 1. The van der Waals surface area contributed by atoms with Gasteiger partial charge in [0.15, 0.2) is 0 Å². The Morgan fingerprint density at radius 2 is 2.19 bits per heavy atom. The number of carbonyl (C=O) groups is 1. The van der Waals surface area contributed by atoms with Crippen molar-refractivity contribution in [2.24, 2.45) is 0 Å². The van der Waals surface area contributed by atoms with Crippen molar-refractivity contribution in [3.8, 4) is 10.6 Å². The van der Waals surface area contributed by atoms with Crippen LogP contribution in [0.2, 0.25) is 0 Å². The molecule has 0 unspecified atom stereocenters. The highest BCUT2D eigenvalue weighted by molar-refractivity contribution is 7.13. The van der Waals surface area contributed by atoms with Gasteiger partial charge in [-0.2, -0.15) is 0 Å². The zero-order valence-electron chi connectivity index (χ0n) is 11.7. The number of likely N-dealkylation sites (tertiary alicyclic amines) is 1. The van der Waals surface area contributed by atoms with Crippen molar-refractivity contribution < 1.29 is 4.79 Å². The van der Waals surface area contributed by atoms with E-state index in [0.717, 1.165) is 29.2 Å². The number of nitrogens with zero attached hydrogens (tertiary/aromatic N) is 2. The van der Waals surface area contributed by atoms with Gasteiger partial charge in [0.05, 0.1) is 12.2 Å². The van der Waals surface area contributed by atoms with Gasteiger partial charge in [-0.05, 0) is 13.0 Å². The quantitative estimate of drug-likeness (QED) is 0.945. The van der Waals surface area contributed by atoms with Crippen molar-refractivity contribution in [3.63, 3.8) is 0 Å². The summed E-state index contributed by atoms with van der Waals surface area (Å²) in [7, 11) is 0. The molecule has 4 rings (SSSR count). The Kier molecular flexibility index (Phi) is 3.24. The van der Waals surface area contributed by atoms with Crippen LogP contribution in [0.4, 0.5) is 0 Å². The smallest absolute Gasteiger partial charge is 0.224 e. The van der Waals surface area contributed by atoms with Crippen molar-refractivity contribution in [2.75, 3.05) is 6.54 Å². The first-order chi connectivity index (χ1) is 10.3. The third kappa shape index (κ3) is 2.36. The van der Waals surface area contributed by atoms with Crippen molar-refractivity contribution in [2.45, 2.75) is 31.5 Å². The lowest BCUT2D eigenvalue weighted by Gasteiger charge is -2.22. The Balaban J connectivity index is 1.53. The van der Waals surface area contributed by atoms with Gasteiger partial charge >= 0.3 is 0 Å². The van der Waals surface area contributed by atoms with Crippen LogP contribution in [0.5, 0.6) is 0 Å². The molecule has 3 heterocycles. The van der Waals surface area contributed by atoms with E-state index >= 15 is 0 Å². The topological polar surface area (TPSA) is 45.2 Å². The summed E-state index contributed by atoms with van der Waals surface area (Å²) < 4.78 is 0. The lowest BCUT2D eigenvalue weighted by molar-refractivity contribution is -0.129. The molecular weight excluding hydrogens is 282 g/mol. The van der Waals surface area contributed by atoms with Gasteiger partial charge in [-0.1, -0.05) is 30.3 Å². The van der Waals surface area contributed by atoms with Crippen LogP contribution in [0.1, 0.15) is 18.5 Å². The van der Waals surface area contributed by atoms with Crippen LogP contribution in [-0.4, -0.2) is 34.4 Å². The molecule has 2 aromatic rings. The maximum absolute atomic E-state index is 12.1. The van der Waals surface area contributed by atoms with Crippen LogP contribution >= 0.6 is 11.3 Å². The number of aromatic nitrogens is 1. The van der Waals surface area contributed by atoms with Gasteiger partial charge in [-0.25, -0.2) is 4.98 Å². The minimum Gasteiger partial charge on any atom is -0.332 e. The number of carbonyl (C=O) groups excluding carboxylic acids is 1. The Morgan fingerprint density at radius 3 is 3.05 bits per heavy atom. The molecule has 2 aliphatic heterocycles. The molecule has 1 N–H and O–H groups in total. The van der Waals surface area contributed by atoms with Gasteiger partial charge in [0.2, 0.25) is 5.91 Å². The van der Waals surface area contributed by atoms with Gasteiger partial charge < -0.3 is 10.2 Å². The molecular formula is C16H17N3OS. The number of rotatable bonds is 3. The van der Waals surface area contributed by atoms with Crippen molar-refractivity contribution in [1.29, 1.82) is 0 Å². The highest BCUT2D eigenvalue weighted by Crippen LogP contribution is 2.29. The fourth-order valence-corrected chi connectivity index (χ4v) is 4.12. The molecule has 4 nitrogen and oxygen atoms in total. The molecule has 0 radical (unpaired) electrons. The number of hydrogen-bond donors (Lipinski definition) is 1. The zero-order valence-corrected chi connectivity index (χ0v) is 12.5. The molecule has 2 aliphatic rings. The molecule has 1 aromatic carbocycles. The summed E-state index contributed by atoms with van der Waals surface area (Å²) >= 11 is 1.65. The largest absolute Gasteiger partial charge is 0.332 e. The van der Waals surface area contributed by atoms with E-state index in [9.17, 15) is 4.79 Å². The number of hydrogen-bond acceptors (Lipinski definition) is 4. The van der Waals surface area contributed by atoms with E-state index < -0.39 is 0 Å². The Hall–Kier alpha value is -1.72. The van der Waals surface area contributed by atoms with Crippen molar-refractivity contribution in [1.82, 2.24) is 15.2 Å². The number of amides is 1. The summed E-state index contributed by atoms with van der Waals surface area (Å²) in [6, 6.07) is 10.9. The Morgan fingerprint density at radius 1 is 1.33 bits per heavy atom. The maximum atomic E-state index is 12.1. The van der Waals surface area contributed by atoms with E-state index in [1.165, 1.54) is 0 Å². The third-order valence-corrected chi connectivity index (χ3v) is 5.27. The summed E-state index contributed by atoms with van der Waals surface area (Å²) in [6.45, 7) is 1.66. The Bertz CT molecular complexity index is 655. The van der Waals surface area contributed by atoms with E-state index in [-0.39, 0.29) is 5.91 Å². The molecule has 1 aromatic heterocycles. The van der Waals surface area contributed by atoms with Crippen LogP contribution in [-0.2, 0) is 11.3 Å². The zero-order chi connectivity index (χ0) is 14.2. The molecule has 0 spiro atoms. The monoisotopic (exact) mass is 299 g/mol. The number of benzene rings is 1. The first kappa shape index (κ1) is 13.0. The van der Waals surface area contributed by atoms with E-state index in [4.69, 9.17) is 4.98 Å². The lowest BCUT2D eigenvalue weighted by Crippen LogP contribution is -2.35. The van der Waals surface area contributed by atoms with Crippen LogP contribution < -0.4 is 5.32 Å². The highest BCUT2D eigenvalue weighted by Gasteiger charge is 2.42. The molecule has 2 atom stereocenters. The van der Waals surface area contributed by atoms with Gasteiger partial charge in [0, 0.05) is 29.4 Å². The van der Waals surface area contributed by atoms with Crippen molar-refractivity contribution in [3.05, 3.63) is 41.4 Å². The predicted molar refractivity (Wildman–Crippen MR) is 82.9 cm³/mol. The average molecular weight is 299 g/mol. The normalized spacial score (nSPS) is 24.6. The second kappa shape index (κ2) is 5.24. The number of thiazole rings is 1. The Labute approximate surface area is 127 Å². The first-order valence-corrected chi connectivity index (χ1v) is 8.22. The van der Waals surface area contributed by atoms with Crippen LogP contribution in [0.3, 0.4) is 0 Å². The van der Waals surface area contributed by atoms with Gasteiger partial charge in [-0.3, -0.25) is 4.79 Å². The highest BCUT2D eigenvalue weighted by atomic mass is 32.1. The number of nitrogens with one attached hydrogen (secondary N) is 1. The van der Waals surface area contributed by atoms with E-state index in [0.29, 0.717) is 25.0 Å². The van der Waals surface area contributed by atoms with Crippen LogP contribution in [0.25, 0.3) is 10.6 Å². The molecule has 2 saturated heterocycles. The summed E-state index contributed by atoms with van der Waals surface area (Å²) in [5.74, 6) is 0.256. The second-order valence-electron chi connectivity index (χ2n) is 5.65. The molecule has 0 saturated carbocycles. The second-order valence-corrected chi connectivity index (χ2v) is 6.51. The average Bonchev–Trinajstić information content (AvgIpc) is 3.19. The van der Waals surface area contributed by atoms with E-state index in [1.54, 1.807) is 11.3 Å². The van der Waals surface area contributed by atoms with Gasteiger partial charge in [-0.15, -0.1) is 11.3 Å². The molecule has 0 bridgehead atoms.